The molecule has 0 atom stereocenters. The summed E-state index contributed by atoms with van der Waals surface area (Å²) in [6, 6.07) is 5.30. The van der Waals surface area contributed by atoms with Gasteiger partial charge in [-0.2, -0.15) is 0 Å². The third-order valence-corrected chi connectivity index (χ3v) is 1.66. The van der Waals surface area contributed by atoms with Crippen LogP contribution in [0.1, 0.15) is 11.1 Å². The van der Waals surface area contributed by atoms with E-state index < -0.39 is 0 Å². The van der Waals surface area contributed by atoms with Gasteiger partial charge in [-0.25, -0.2) is 4.39 Å². The van der Waals surface area contributed by atoms with Gasteiger partial charge < -0.3 is 5.73 Å². The number of hydrogen-bond acceptors (Lipinski definition) is 1. The third-order valence-electron chi connectivity index (χ3n) is 1.66. The molecule has 0 saturated heterocycles. The molecule has 0 aliphatic heterocycles. The number of benzene rings is 1. The van der Waals surface area contributed by atoms with E-state index in [1.165, 1.54) is 0 Å². The Balaban J connectivity index is 3.00. The average Bonchev–Trinajstić information content (AvgIpc) is 2.08. The van der Waals surface area contributed by atoms with Crippen LogP contribution in [-0.2, 0) is 0 Å². The highest BCUT2D eigenvalue weighted by Gasteiger charge is 1.99. The fourth-order valence-corrected chi connectivity index (χ4v) is 0.994. The second-order valence-corrected chi connectivity index (χ2v) is 2.62. The molecular formula is C10H12FN. The lowest BCUT2D eigenvalue weighted by Crippen LogP contribution is -1.93. The van der Waals surface area contributed by atoms with Crippen molar-refractivity contribution in [3.63, 3.8) is 0 Å². The highest BCUT2D eigenvalue weighted by molar-refractivity contribution is 5.51. The molecule has 2 N–H and O–H groups in total. The second-order valence-electron chi connectivity index (χ2n) is 2.62. The summed E-state index contributed by atoms with van der Waals surface area (Å²) in [6.45, 7) is 2.18. The molecule has 0 fully saturated rings. The molecule has 0 aliphatic rings. The first-order valence-electron chi connectivity index (χ1n) is 3.87. The zero-order chi connectivity index (χ0) is 8.97. The lowest BCUT2D eigenvalue weighted by atomic mass is 10.1. The fourth-order valence-electron chi connectivity index (χ4n) is 0.994. The molecule has 0 heterocycles. The van der Waals surface area contributed by atoms with Gasteiger partial charge in [0.25, 0.3) is 0 Å². The van der Waals surface area contributed by atoms with Gasteiger partial charge in [0, 0.05) is 12.1 Å². The minimum Gasteiger partial charge on any atom is -0.327 e. The van der Waals surface area contributed by atoms with Crippen LogP contribution in [0.25, 0.3) is 6.08 Å². The first-order valence-corrected chi connectivity index (χ1v) is 3.87. The van der Waals surface area contributed by atoms with Crippen molar-refractivity contribution in [3.05, 3.63) is 41.2 Å². The molecule has 0 aliphatic carbocycles. The SMILES string of the molecule is Cc1cccc(/C=C/CN)c1F. The predicted octanol–water partition coefficient (Wildman–Crippen LogP) is 2.11. The normalized spacial score (nSPS) is 10.9. The summed E-state index contributed by atoms with van der Waals surface area (Å²) in [7, 11) is 0. The Labute approximate surface area is 71.7 Å². The third kappa shape index (κ3) is 1.92. The van der Waals surface area contributed by atoms with Crippen molar-refractivity contribution in [2.24, 2.45) is 5.73 Å². The molecule has 1 aromatic carbocycles. The largest absolute Gasteiger partial charge is 0.327 e. The van der Waals surface area contributed by atoms with Gasteiger partial charge in [-0.05, 0) is 12.5 Å². The van der Waals surface area contributed by atoms with Crippen LogP contribution in [0.4, 0.5) is 4.39 Å². The maximum atomic E-state index is 13.2. The second kappa shape index (κ2) is 4.02. The number of hydrogen-bond donors (Lipinski definition) is 1. The molecule has 2 heteroatoms. The predicted molar refractivity (Wildman–Crippen MR) is 49.2 cm³/mol. The molecule has 12 heavy (non-hydrogen) atoms. The molecule has 0 saturated carbocycles. The molecule has 1 nitrogen and oxygen atoms in total. The summed E-state index contributed by atoms with van der Waals surface area (Å²) in [5.41, 5.74) is 6.51. The number of nitrogens with two attached hydrogens (primary N) is 1. The van der Waals surface area contributed by atoms with E-state index in [1.807, 2.05) is 6.07 Å². The quantitative estimate of drug-likeness (QED) is 0.713. The molecule has 1 rings (SSSR count). The van der Waals surface area contributed by atoms with Crippen LogP contribution in [-0.4, -0.2) is 6.54 Å². The average molecular weight is 165 g/mol. The Hall–Kier alpha value is -1.15. The van der Waals surface area contributed by atoms with E-state index in [0.717, 1.165) is 0 Å². The summed E-state index contributed by atoms with van der Waals surface area (Å²) in [6.07, 6.45) is 3.43. The van der Waals surface area contributed by atoms with Gasteiger partial charge in [0.1, 0.15) is 5.82 Å². The Morgan fingerprint density at radius 2 is 2.25 bits per heavy atom. The standard InChI is InChI=1S/C10H12FN/c1-8-4-2-5-9(10(8)11)6-3-7-12/h2-6H,7,12H2,1H3/b6-3+. The van der Waals surface area contributed by atoms with Crippen molar-refractivity contribution in [1.82, 2.24) is 0 Å². The van der Waals surface area contributed by atoms with E-state index in [-0.39, 0.29) is 5.82 Å². The number of halogens is 1. The van der Waals surface area contributed by atoms with Crippen LogP contribution in [0.15, 0.2) is 24.3 Å². The van der Waals surface area contributed by atoms with E-state index >= 15 is 0 Å². The van der Waals surface area contributed by atoms with Crippen LogP contribution in [0.5, 0.6) is 0 Å². The molecule has 0 bridgehead atoms. The van der Waals surface area contributed by atoms with E-state index in [9.17, 15) is 4.39 Å². The van der Waals surface area contributed by atoms with Crippen LogP contribution >= 0.6 is 0 Å². The monoisotopic (exact) mass is 165 g/mol. The van der Waals surface area contributed by atoms with Crippen molar-refractivity contribution >= 4 is 6.08 Å². The zero-order valence-corrected chi connectivity index (χ0v) is 7.05. The molecule has 0 spiro atoms. The first-order chi connectivity index (χ1) is 5.75. The fraction of sp³-hybridized carbons (Fsp3) is 0.200. The molecule has 0 radical (unpaired) electrons. The summed E-state index contributed by atoms with van der Waals surface area (Å²) >= 11 is 0. The maximum absolute atomic E-state index is 13.2. The lowest BCUT2D eigenvalue weighted by Gasteiger charge is -1.99. The molecular weight excluding hydrogens is 153 g/mol. The van der Waals surface area contributed by atoms with Gasteiger partial charge in [-0.15, -0.1) is 0 Å². The molecule has 64 valence electrons. The Kier molecular flexibility index (Phi) is 3.00. The summed E-state index contributed by atoms with van der Waals surface area (Å²) in [5, 5.41) is 0. The van der Waals surface area contributed by atoms with Crippen molar-refractivity contribution in [3.8, 4) is 0 Å². The van der Waals surface area contributed by atoms with Crippen LogP contribution in [0, 0.1) is 12.7 Å². The maximum Gasteiger partial charge on any atom is 0.133 e. The Bertz CT molecular complexity index is 292. The van der Waals surface area contributed by atoms with Crippen LogP contribution < -0.4 is 5.73 Å². The van der Waals surface area contributed by atoms with Crippen molar-refractivity contribution in [2.45, 2.75) is 6.92 Å². The van der Waals surface area contributed by atoms with Gasteiger partial charge in [-0.3, -0.25) is 0 Å². The van der Waals surface area contributed by atoms with Gasteiger partial charge in [0.15, 0.2) is 0 Å². The highest BCUT2D eigenvalue weighted by Crippen LogP contribution is 2.12. The van der Waals surface area contributed by atoms with Gasteiger partial charge in [-0.1, -0.05) is 30.4 Å². The van der Waals surface area contributed by atoms with E-state index in [2.05, 4.69) is 0 Å². The summed E-state index contributed by atoms with van der Waals surface area (Å²) in [4.78, 5) is 0. The van der Waals surface area contributed by atoms with Crippen molar-refractivity contribution < 1.29 is 4.39 Å². The highest BCUT2D eigenvalue weighted by atomic mass is 19.1. The molecule has 0 aromatic heterocycles. The van der Waals surface area contributed by atoms with Crippen LogP contribution in [0.3, 0.4) is 0 Å². The van der Waals surface area contributed by atoms with Crippen molar-refractivity contribution in [2.75, 3.05) is 6.54 Å². The van der Waals surface area contributed by atoms with Gasteiger partial charge in [0.2, 0.25) is 0 Å². The van der Waals surface area contributed by atoms with Crippen molar-refractivity contribution in [1.29, 1.82) is 0 Å². The molecule has 1 aromatic rings. The van der Waals surface area contributed by atoms with E-state index in [1.54, 1.807) is 31.2 Å². The minimum absolute atomic E-state index is 0.165. The van der Waals surface area contributed by atoms with Gasteiger partial charge >= 0.3 is 0 Å². The lowest BCUT2D eigenvalue weighted by molar-refractivity contribution is 0.616. The number of rotatable bonds is 2. The zero-order valence-electron chi connectivity index (χ0n) is 7.05. The summed E-state index contributed by atoms with van der Waals surface area (Å²) < 4.78 is 13.2. The molecule has 0 amide bonds. The Morgan fingerprint density at radius 1 is 1.50 bits per heavy atom. The van der Waals surface area contributed by atoms with Crippen LogP contribution in [0.2, 0.25) is 0 Å². The minimum atomic E-state index is -0.165. The number of aryl methyl sites for hydroxylation is 1. The summed E-state index contributed by atoms with van der Waals surface area (Å²) in [5.74, 6) is -0.165. The smallest absolute Gasteiger partial charge is 0.133 e. The topological polar surface area (TPSA) is 26.0 Å². The van der Waals surface area contributed by atoms with E-state index in [4.69, 9.17) is 5.73 Å². The van der Waals surface area contributed by atoms with Gasteiger partial charge in [0.05, 0.1) is 0 Å². The molecule has 0 unspecified atom stereocenters. The van der Waals surface area contributed by atoms with E-state index in [0.29, 0.717) is 17.7 Å². The first kappa shape index (κ1) is 8.94. The Morgan fingerprint density at radius 3 is 2.92 bits per heavy atom.